The number of hydrogen-bond acceptors (Lipinski definition) is 3. The van der Waals surface area contributed by atoms with Crippen molar-refractivity contribution in [2.24, 2.45) is 17.1 Å². The van der Waals surface area contributed by atoms with Gasteiger partial charge in [0.25, 0.3) is 0 Å². The minimum Gasteiger partial charge on any atom is -0.466 e. The third kappa shape index (κ3) is 3.70. The van der Waals surface area contributed by atoms with Crippen molar-refractivity contribution in [3.8, 4) is 0 Å². The summed E-state index contributed by atoms with van der Waals surface area (Å²) in [5, 5.41) is 0. The van der Waals surface area contributed by atoms with E-state index < -0.39 is 5.41 Å². The second-order valence-electron chi connectivity index (χ2n) is 5.27. The van der Waals surface area contributed by atoms with E-state index in [1.165, 1.54) is 32.1 Å². The van der Waals surface area contributed by atoms with E-state index in [1.54, 1.807) is 0 Å². The molecule has 0 aromatic carbocycles. The molecule has 0 saturated heterocycles. The fraction of sp³-hybridized carbons (Fsp3) is 0.929. The third-order valence-corrected chi connectivity index (χ3v) is 4.18. The Hall–Kier alpha value is -0.570. The summed E-state index contributed by atoms with van der Waals surface area (Å²) >= 11 is 0. The number of hydrogen-bond donors (Lipinski definition) is 1. The lowest BCUT2D eigenvalue weighted by molar-refractivity contribution is -0.156. The van der Waals surface area contributed by atoms with Gasteiger partial charge in [-0.15, -0.1) is 0 Å². The van der Waals surface area contributed by atoms with Crippen LogP contribution in [0.3, 0.4) is 0 Å². The van der Waals surface area contributed by atoms with Crippen molar-refractivity contribution in [3.05, 3.63) is 0 Å². The summed E-state index contributed by atoms with van der Waals surface area (Å²) in [4.78, 5) is 12.1. The molecule has 1 atom stereocenters. The van der Waals surface area contributed by atoms with Crippen LogP contribution >= 0.6 is 0 Å². The van der Waals surface area contributed by atoms with E-state index in [1.807, 2.05) is 13.8 Å². The molecular formula is C14H27NO2. The summed E-state index contributed by atoms with van der Waals surface area (Å²) in [7, 11) is 0. The summed E-state index contributed by atoms with van der Waals surface area (Å²) in [6, 6.07) is 0. The van der Waals surface area contributed by atoms with Crippen LogP contribution in [0.1, 0.15) is 58.8 Å². The van der Waals surface area contributed by atoms with Gasteiger partial charge >= 0.3 is 5.97 Å². The normalized spacial score (nSPS) is 20.9. The van der Waals surface area contributed by atoms with Gasteiger partial charge in [-0.2, -0.15) is 0 Å². The highest BCUT2D eigenvalue weighted by atomic mass is 16.5. The van der Waals surface area contributed by atoms with Crippen LogP contribution in [0.25, 0.3) is 0 Å². The second kappa shape index (κ2) is 7.00. The molecule has 0 aromatic heterocycles. The van der Waals surface area contributed by atoms with Gasteiger partial charge in [0.05, 0.1) is 12.0 Å². The van der Waals surface area contributed by atoms with Crippen LogP contribution in [0.15, 0.2) is 0 Å². The van der Waals surface area contributed by atoms with E-state index in [-0.39, 0.29) is 5.97 Å². The van der Waals surface area contributed by atoms with E-state index in [2.05, 4.69) is 0 Å². The maximum atomic E-state index is 12.1. The Bertz CT molecular complexity index is 230. The Morgan fingerprint density at radius 2 is 1.94 bits per heavy atom. The SMILES string of the molecule is CCOC(=O)C(CC)(CN)CC1CCCCC1. The second-order valence-corrected chi connectivity index (χ2v) is 5.27. The molecule has 1 rings (SSSR count). The van der Waals surface area contributed by atoms with Gasteiger partial charge in [-0.3, -0.25) is 4.79 Å². The maximum absolute atomic E-state index is 12.1. The van der Waals surface area contributed by atoms with Crippen LogP contribution in [-0.2, 0) is 9.53 Å². The molecule has 0 aromatic rings. The zero-order valence-corrected chi connectivity index (χ0v) is 11.3. The van der Waals surface area contributed by atoms with Crippen molar-refractivity contribution in [2.75, 3.05) is 13.2 Å². The molecule has 0 radical (unpaired) electrons. The number of rotatable bonds is 6. The van der Waals surface area contributed by atoms with Gasteiger partial charge < -0.3 is 10.5 Å². The lowest BCUT2D eigenvalue weighted by Gasteiger charge is -2.34. The Kier molecular flexibility index (Phi) is 5.96. The molecule has 1 unspecified atom stereocenters. The average molecular weight is 241 g/mol. The van der Waals surface area contributed by atoms with Gasteiger partial charge in [-0.05, 0) is 25.7 Å². The molecule has 0 spiro atoms. The number of carbonyl (C=O) groups excluding carboxylic acids is 1. The van der Waals surface area contributed by atoms with Crippen molar-refractivity contribution >= 4 is 5.97 Å². The minimum atomic E-state index is -0.433. The van der Waals surface area contributed by atoms with Crippen molar-refractivity contribution in [3.63, 3.8) is 0 Å². The van der Waals surface area contributed by atoms with Crippen molar-refractivity contribution in [1.29, 1.82) is 0 Å². The van der Waals surface area contributed by atoms with Crippen LogP contribution in [0.2, 0.25) is 0 Å². The minimum absolute atomic E-state index is 0.0874. The zero-order valence-electron chi connectivity index (χ0n) is 11.3. The molecule has 2 N–H and O–H groups in total. The van der Waals surface area contributed by atoms with Crippen LogP contribution in [0, 0.1) is 11.3 Å². The Labute approximate surface area is 105 Å². The molecule has 100 valence electrons. The van der Waals surface area contributed by atoms with E-state index in [0.717, 1.165) is 12.8 Å². The fourth-order valence-corrected chi connectivity index (χ4v) is 2.91. The Morgan fingerprint density at radius 3 is 2.41 bits per heavy atom. The molecule has 1 fully saturated rings. The number of ether oxygens (including phenoxy) is 1. The van der Waals surface area contributed by atoms with Gasteiger partial charge in [0.2, 0.25) is 0 Å². The molecule has 3 heteroatoms. The largest absolute Gasteiger partial charge is 0.466 e. The van der Waals surface area contributed by atoms with Gasteiger partial charge in [-0.1, -0.05) is 39.0 Å². The lowest BCUT2D eigenvalue weighted by atomic mass is 9.73. The lowest BCUT2D eigenvalue weighted by Crippen LogP contribution is -2.41. The molecule has 1 aliphatic carbocycles. The van der Waals surface area contributed by atoms with Crippen molar-refractivity contribution in [1.82, 2.24) is 0 Å². The third-order valence-electron chi connectivity index (χ3n) is 4.18. The zero-order chi connectivity index (χ0) is 12.7. The van der Waals surface area contributed by atoms with Crippen LogP contribution in [0.5, 0.6) is 0 Å². The van der Waals surface area contributed by atoms with Gasteiger partial charge in [0.1, 0.15) is 0 Å². The van der Waals surface area contributed by atoms with E-state index in [4.69, 9.17) is 10.5 Å². The first-order valence-electron chi connectivity index (χ1n) is 7.05. The first kappa shape index (κ1) is 14.5. The predicted octanol–water partition coefficient (Wildman–Crippen LogP) is 2.88. The van der Waals surface area contributed by atoms with Crippen LogP contribution < -0.4 is 5.73 Å². The van der Waals surface area contributed by atoms with E-state index in [9.17, 15) is 4.79 Å². The highest BCUT2D eigenvalue weighted by Crippen LogP contribution is 2.37. The summed E-state index contributed by atoms with van der Waals surface area (Å²) < 4.78 is 5.21. The molecule has 1 aliphatic rings. The number of nitrogens with two attached hydrogens (primary N) is 1. The topological polar surface area (TPSA) is 52.3 Å². The first-order chi connectivity index (χ1) is 8.18. The highest BCUT2D eigenvalue weighted by Gasteiger charge is 2.39. The molecule has 0 bridgehead atoms. The Balaban J connectivity index is 2.65. The summed E-state index contributed by atoms with van der Waals surface area (Å²) in [6.45, 7) is 4.77. The van der Waals surface area contributed by atoms with Crippen molar-refractivity contribution < 1.29 is 9.53 Å². The van der Waals surface area contributed by atoms with Gasteiger partial charge in [-0.25, -0.2) is 0 Å². The quantitative estimate of drug-likeness (QED) is 0.727. The highest BCUT2D eigenvalue weighted by molar-refractivity contribution is 5.77. The summed E-state index contributed by atoms with van der Waals surface area (Å²) in [5.41, 5.74) is 5.43. The van der Waals surface area contributed by atoms with Gasteiger partial charge in [0.15, 0.2) is 0 Å². The number of esters is 1. The monoisotopic (exact) mass is 241 g/mol. The smallest absolute Gasteiger partial charge is 0.313 e. The van der Waals surface area contributed by atoms with E-state index in [0.29, 0.717) is 19.1 Å². The molecule has 1 saturated carbocycles. The fourth-order valence-electron chi connectivity index (χ4n) is 2.91. The molecule has 0 heterocycles. The maximum Gasteiger partial charge on any atom is 0.313 e. The van der Waals surface area contributed by atoms with Crippen LogP contribution in [-0.4, -0.2) is 19.1 Å². The molecule has 3 nitrogen and oxygen atoms in total. The number of carbonyl (C=O) groups is 1. The molecular weight excluding hydrogens is 214 g/mol. The molecule has 17 heavy (non-hydrogen) atoms. The predicted molar refractivity (Wildman–Crippen MR) is 69.6 cm³/mol. The van der Waals surface area contributed by atoms with Crippen LogP contribution in [0.4, 0.5) is 0 Å². The summed E-state index contributed by atoms with van der Waals surface area (Å²) in [6.07, 6.45) is 8.16. The summed E-state index contributed by atoms with van der Waals surface area (Å²) in [5.74, 6) is 0.576. The average Bonchev–Trinajstić information content (AvgIpc) is 2.37. The first-order valence-corrected chi connectivity index (χ1v) is 7.05. The standard InChI is InChI=1S/C14H27NO2/c1-3-14(11-15,13(16)17-4-2)10-12-8-6-5-7-9-12/h12H,3-11,15H2,1-2H3. The Morgan fingerprint density at radius 1 is 1.29 bits per heavy atom. The molecule has 0 aliphatic heterocycles. The molecule has 0 amide bonds. The van der Waals surface area contributed by atoms with Gasteiger partial charge in [0, 0.05) is 6.54 Å². The van der Waals surface area contributed by atoms with E-state index >= 15 is 0 Å². The van der Waals surface area contributed by atoms with Crippen molar-refractivity contribution in [2.45, 2.75) is 58.8 Å².